The lowest BCUT2D eigenvalue weighted by Gasteiger charge is -2.40. The van der Waals surface area contributed by atoms with Crippen LogP contribution in [0.2, 0.25) is 0 Å². The van der Waals surface area contributed by atoms with Gasteiger partial charge in [0.2, 0.25) is 0 Å². The molecule has 5 aromatic carbocycles. The second-order valence-corrected chi connectivity index (χ2v) is 14.3. The molecule has 0 unspecified atom stereocenters. The first kappa shape index (κ1) is 37.6. The van der Waals surface area contributed by atoms with E-state index in [1.54, 1.807) is 30.3 Å². The number of aliphatic hydroxyl groups excluding tert-OH is 5. The van der Waals surface area contributed by atoms with Gasteiger partial charge < -0.3 is 45.6 Å². The van der Waals surface area contributed by atoms with Crippen LogP contribution in [0.1, 0.15) is 54.2 Å². The summed E-state index contributed by atoms with van der Waals surface area (Å²) < 4.78 is 19.2. The summed E-state index contributed by atoms with van der Waals surface area (Å²) in [5, 5.41) is 67.1. The quantitative estimate of drug-likeness (QED) is 0.0793. The fourth-order valence-electron chi connectivity index (χ4n) is 7.52. The second-order valence-electron chi connectivity index (χ2n) is 13.9. The van der Waals surface area contributed by atoms with Crippen molar-refractivity contribution in [2.24, 2.45) is 0 Å². The van der Waals surface area contributed by atoms with E-state index in [2.05, 4.69) is 17.4 Å². The van der Waals surface area contributed by atoms with Crippen molar-refractivity contribution in [3.05, 3.63) is 144 Å². The Morgan fingerprint density at radius 2 is 1.39 bits per heavy atom. The van der Waals surface area contributed by atoms with Gasteiger partial charge in [0.25, 0.3) is 0 Å². The molecule has 0 aliphatic carbocycles. The Bertz CT molecular complexity index is 2030. The van der Waals surface area contributed by atoms with E-state index >= 15 is 0 Å². The Labute approximate surface area is 318 Å². The van der Waals surface area contributed by atoms with E-state index in [1.807, 2.05) is 71.6 Å². The zero-order valence-electron chi connectivity index (χ0n) is 29.3. The molecule has 11 heteroatoms. The summed E-state index contributed by atoms with van der Waals surface area (Å²) in [4.78, 5) is 2.02. The Kier molecular flexibility index (Phi) is 11.4. The fraction of sp³-hybridized carbons (Fsp3) is 0.279. The molecule has 0 bridgehead atoms. The number of rotatable bonds is 11. The summed E-state index contributed by atoms with van der Waals surface area (Å²) in [5.41, 5.74) is 6.41. The third-order valence-electron chi connectivity index (χ3n) is 10.5. The number of hydrogen-bond donors (Lipinski definition) is 7. The van der Waals surface area contributed by atoms with Crippen LogP contribution in [-0.2, 0) is 4.74 Å². The molecule has 2 saturated heterocycles. The lowest BCUT2D eigenvalue weighted by Crippen LogP contribution is -2.55. The molecular weight excluding hydrogens is 708 g/mol. The van der Waals surface area contributed by atoms with Crippen LogP contribution in [0.5, 0.6) is 5.75 Å². The maximum absolute atomic E-state index is 13.5. The Morgan fingerprint density at radius 3 is 2.06 bits per heavy atom. The molecule has 0 spiro atoms. The van der Waals surface area contributed by atoms with Gasteiger partial charge in [-0.2, -0.15) is 0 Å². The lowest BCUT2D eigenvalue weighted by atomic mass is 9.90. The normalized spacial score (nSPS) is 24.7. The smallest absolute Gasteiger partial charge is 0.174 e. The first-order valence-electron chi connectivity index (χ1n) is 18.1. The SMILES string of the molecule is OC[C@H]1O[C@@H](c2ccc(-c3ccc([C@@H]4[C@@H](CCC[C@@H](O)c5ccc(F)cc5)NC(=S)N4c4ccc(-c5ccccc5)cc4)c(O)c3)cc2)[C@H](O)[C@@H](O)[C@@H]1O. The molecule has 54 heavy (non-hydrogen) atoms. The minimum Gasteiger partial charge on any atom is -0.508 e. The molecule has 9 nitrogen and oxygen atoms in total. The number of hydrogen-bond acceptors (Lipinski definition) is 8. The van der Waals surface area contributed by atoms with Crippen LogP contribution in [0.15, 0.2) is 121 Å². The van der Waals surface area contributed by atoms with Gasteiger partial charge in [-0.3, -0.25) is 0 Å². The number of nitrogens with zero attached hydrogens (tertiary/aromatic N) is 1. The maximum Gasteiger partial charge on any atom is 0.174 e. The molecule has 0 radical (unpaired) electrons. The molecule has 5 aromatic rings. The average molecular weight is 751 g/mol. The summed E-state index contributed by atoms with van der Waals surface area (Å²) in [5.74, 6) is -0.283. The van der Waals surface area contributed by atoms with Gasteiger partial charge in [0.1, 0.15) is 42.1 Å². The molecule has 0 amide bonds. The molecule has 0 saturated carbocycles. The fourth-order valence-corrected chi connectivity index (χ4v) is 7.89. The number of nitrogens with one attached hydrogen (secondary N) is 1. The first-order chi connectivity index (χ1) is 26.1. The van der Waals surface area contributed by atoms with Crippen LogP contribution in [0.3, 0.4) is 0 Å². The monoisotopic (exact) mass is 750 g/mol. The number of aromatic hydroxyl groups is 1. The summed E-state index contributed by atoms with van der Waals surface area (Å²) in [6.45, 7) is -0.512. The topological polar surface area (TPSA) is 146 Å². The second kappa shape index (κ2) is 16.3. The number of aliphatic hydroxyl groups is 5. The van der Waals surface area contributed by atoms with Gasteiger partial charge in [-0.1, -0.05) is 91.0 Å². The summed E-state index contributed by atoms with van der Waals surface area (Å²) in [7, 11) is 0. The first-order valence-corrected chi connectivity index (χ1v) is 18.5. The number of anilines is 1. The molecular formula is C43H43FN2O7S. The van der Waals surface area contributed by atoms with Crippen molar-refractivity contribution in [3.63, 3.8) is 0 Å². The minimum atomic E-state index is -1.48. The minimum absolute atomic E-state index is 0.0734. The molecule has 2 aliphatic heterocycles. The molecule has 2 aliphatic rings. The number of halogens is 1. The highest BCUT2D eigenvalue weighted by atomic mass is 32.1. The van der Waals surface area contributed by atoms with Crippen LogP contribution < -0.4 is 10.2 Å². The van der Waals surface area contributed by atoms with Crippen molar-refractivity contribution in [3.8, 4) is 28.0 Å². The van der Waals surface area contributed by atoms with Gasteiger partial charge in [0, 0.05) is 11.3 Å². The number of ether oxygens (including phenoxy) is 1. The molecule has 2 fully saturated rings. The van der Waals surface area contributed by atoms with Gasteiger partial charge in [-0.25, -0.2) is 4.39 Å². The van der Waals surface area contributed by atoms with E-state index in [0.717, 1.165) is 27.9 Å². The highest BCUT2D eigenvalue weighted by Gasteiger charge is 2.44. The molecule has 8 atom stereocenters. The maximum atomic E-state index is 13.5. The number of phenolic OH excluding ortho intramolecular Hbond substituents is 1. The van der Waals surface area contributed by atoms with E-state index in [1.165, 1.54) is 12.1 Å². The summed E-state index contributed by atoms with van der Waals surface area (Å²) in [6, 6.07) is 36.1. The highest BCUT2D eigenvalue weighted by molar-refractivity contribution is 7.80. The molecule has 2 heterocycles. The van der Waals surface area contributed by atoms with Crippen LogP contribution in [0, 0.1) is 5.82 Å². The average Bonchev–Trinajstić information content (AvgIpc) is 3.52. The van der Waals surface area contributed by atoms with Crippen LogP contribution in [0.25, 0.3) is 22.3 Å². The van der Waals surface area contributed by atoms with Crippen molar-refractivity contribution < 1.29 is 39.8 Å². The number of thiocarbonyl (C=S) groups is 1. The van der Waals surface area contributed by atoms with Gasteiger partial charge in [-0.15, -0.1) is 0 Å². The molecule has 7 N–H and O–H groups in total. The van der Waals surface area contributed by atoms with E-state index in [9.17, 15) is 35.0 Å². The van der Waals surface area contributed by atoms with Crippen LogP contribution in [0.4, 0.5) is 10.1 Å². The Morgan fingerprint density at radius 1 is 0.759 bits per heavy atom. The third-order valence-corrected chi connectivity index (χ3v) is 10.8. The molecule has 0 aromatic heterocycles. The molecule has 280 valence electrons. The van der Waals surface area contributed by atoms with E-state index in [-0.39, 0.29) is 23.7 Å². The standard InChI is InChI=1S/C43H43FN2O7S/c44-31-18-13-28(14-19-31)35(48)8-4-7-34-38(46(43(54)45-34)32-20-15-26(16-21-32)25-5-2-1-3-6-25)33-22-17-30(23-36(33)49)27-9-11-29(12-10-27)42-41(52)40(51)39(50)37(24-47)53-42/h1-3,5-6,9-23,34-35,37-42,47-52H,4,7-8,24H2,(H,45,54)/t34-,35-,37-,38-,39-,40+,41-,42+/m1/s1. The number of phenols is 1. The summed E-state index contributed by atoms with van der Waals surface area (Å²) >= 11 is 5.92. The van der Waals surface area contributed by atoms with Gasteiger partial charge in [0.05, 0.1) is 24.8 Å². The number of benzene rings is 5. The van der Waals surface area contributed by atoms with Crippen LogP contribution in [-0.4, -0.2) is 72.8 Å². The third kappa shape index (κ3) is 7.75. The Hall–Kier alpha value is -4.72. The zero-order valence-corrected chi connectivity index (χ0v) is 30.1. The van der Waals surface area contributed by atoms with Gasteiger partial charge >= 0.3 is 0 Å². The zero-order chi connectivity index (χ0) is 37.9. The largest absolute Gasteiger partial charge is 0.508 e. The lowest BCUT2D eigenvalue weighted by molar-refractivity contribution is -0.231. The van der Waals surface area contributed by atoms with Gasteiger partial charge in [-0.05, 0) is 95.2 Å². The van der Waals surface area contributed by atoms with E-state index in [0.29, 0.717) is 41.1 Å². The summed E-state index contributed by atoms with van der Waals surface area (Å²) in [6.07, 6.45) is -5.31. The van der Waals surface area contributed by atoms with E-state index < -0.39 is 43.2 Å². The Balaban J connectivity index is 1.14. The predicted molar refractivity (Wildman–Crippen MR) is 208 cm³/mol. The van der Waals surface area contributed by atoms with E-state index in [4.69, 9.17) is 17.0 Å². The highest BCUT2D eigenvalue weighted by Crippen LogP contribution is 2.42. The van der Waals surface area contributed by atoms with Crippen molar-refractivity contribution in [2.75, 3.05) is 11.5 Å². The van der Waals surface area contributed by atoms with Crippen LogP contribution >= 0.6 is 12.2 Å². The molecule has 7 rings (SSSR count). The van der Waals surface area contributed by atoms with Crippen molar-refractivity contribution >= 4 is 23.0 Å². The van der Waals surface area contributed by atoms with Gasteiger partial charge in [0.15, 0.2) is 5.11 Å². The van der Waals surface area contributed by atoms with Crippen molar-refractivity contribution in [2.45, 2.75) is 68.0 Å². The predicted octanol–water partition coefficient (Wildman–Crippen LogP) is 6.09. The van der Waals surface area contributed by atoms with Crippen molar-refractivity contribution in [1.29, 1.82) is 0 Å². The van der Waals surface area contributed by atoms with Crippen molar-refractivity contribution in [1.82, 2.24) is 5.32 Å².